The average Bonchev–Trinajstić information content (AvgIpc) is 3.11. The molecule has 0 N–H and O–H groups in total. The Hall–Kier alpha value is -2.77. The summed E-state index contributed by atoms with van der Waals surface area (Å²) in [6, 6.07) is 7.76. The minimum atomic E-state index is -0.348. The Labute approximate surface area is 188 Å². The number of hydrogen-bond donors (Lipinski definition) is 0. The number of terminal acetylenes is 1. The smallest absolute Gasteiger partial charge is 0.409 e. The molecule has 31 heavy (non-hydrogen) atoms. The summed E-state index contributed by atoms with van der Waals surface area (Å²) >= 11 is 2.65. The molecule has 0 saturated carbocycles. The van der Waals surface area contributed by atoms with Crippen LogP contribution in [0.1, 0.15) is 6.92 Å². The third kappa shape index (κ3) is 5.89. The maximum absolute atomic E-state index is 12.4. The molecular formula is C21H24N4O4S2. The van der Waals surface area contributed by atoms with Gasteiger partial charge in [-0.1, -0.05) is 29.4 Å². The van der Waals surface area contributed by atoms with Gasteiger partial charge in [0.25, 0.3) is 5.91 Å². The van der Waals surface area contributed by atoms with E-state index in [-0.39, 0.29) is 29.4 Å². The van der Waals surface area contributed by atoms with Gasteiger partial charge < -0.3 is 19.1 Å². The molecule has 1 aromatic heterocycles. The first-order chi connectivity index (χ1) is 15.0. The molecule has 8 nitrogen and oxygen atoms in total. The lowest BCUT2D eigenvalue weighted by molar-refractivity contribution is -0.129. The summed E-state index contributed by atoms with van der Waals surface area (Å²) in [5.41, 5.74) is 0.946. The quantitative estimate of drug-likeness (QED) is 0.614. The number of amides is 3. The van der Waals surface area contributed by atoms with E-state index in [1.165, 1.54) is 23.1 Å². The van der Waals surface area contributed by atoms with Crippen LogP contribution in [0.2, 0.25) is 0 Å². The van der Waals surface area contributed by atoms with E-state index in [0.717, 1.165) is 10.2 Å². The van der Waals surface area contributed by atoms with Gasteiger partial charge in [-0.05, 0) is 19.1 Å². The Morgan fingerprint density at radius 1 is 1.16 bits per heavy atom. The minimum Gasteiger partial charge on any atom is -0.450 e. The monoisotopic (exact) mass is 460 g/mol. The van der Waals surface area contributed by atoms with E-state index in [9.17, 15) is 14.4 Å². The number of carbonyl (C=O) groups excluding carboxylic acids is 3. The van der Waals surface area contributed by atoms with Crippen molar-refractivity contribution in [3.05, 3.63) is 29.1 Å². The lowest BCUT2D eigenvalue weighted by Gasteiger charge is -2.34. The van der Waals surface area contributed by atoms with Crippen molar-refractivity contribution < 1.29 is 19.1 Å². The molecule has 3 amide bonds. The fourth-order valence-electron chi connectivity index (χ4n) is 3.16. The number of piperazine rings is 1. The van der Waals surface area contributed by atoms with E-state index in [0.29, 0.717) is 44.1 Å². The van der Waals surface area contributed by atoms with Gasteiger partial charge in [0.2, 0.25) is 5.91 Å². The average molecular weight is 461 g/mol. The fraction of sp³-hybridized carbons (Fsp3) is 0.429. The molecule has 2 aromatic rings. The second kappa shape index (κ2) is 11.0. The van der Waals surface area contributed by atoms with Gasteiger partial charge in [-0.2, -0.15) is 4.99 Å². The van der Waals surface area contributed by atoms with Gasteiger partial charge in [-0.15, -0.1) is 18.2 Å². The van der Waals surface area contributed by atoms with Crippen molar-refractivity contribution in [3.63, 3.8) is 0 Å². The molecular weight excluding hydrogens is 436 g/mol. The number of hydrogen-bond acceptors (Lipinski definition) is 6. The van der Waals surface area contributed by atoms with Crippen LogP contribution < -0.4 is 4.80 Å². The molecule has 0 aliphatic carbocycles. The van der Waals surface area contributed by atoms with Crippen molar-refractivity contribution in [1.82, 2.24) is 14.4 Å². The molecule has 2 heterocycles. The van der Waals surface area contributed by atoms with Crippen molar-refractivity contribution in [3.8, 4) is 12.3 Å². The van der Waals surface area contributed by atoms with Crippen LogP contribution in [0.5, 0.6) is 0 Å². The Morgan fingerprint density at radius 3 is 2.58 bits per heavy atom. The van der Waals surface area contributed by atoms with Crippen LogP contribution in [0.15, 0.2) is 29.3 Å². The predicted octanol–water partition coefficient (Wildman–Crippen LogP) is 1.80. The Balaban J connectivity index is 1.51. The number of rotatable bonds is 6. The van der Waals surface area contributed by atoms with Crippen molar-refractivity contribution >= 4 is 51.2 Å². The molecule has 1 fully saturated rings. The molecule has 1 aliphatic rings. The van der Waals surface area contributed by atoms with Gasteiger partial charge in [0.1, 0.15) is 0 Å². The highest BCUT2D eigenvalue weighted by atomic mass is 32.2. The number of ether oxygens (including phenoxy) is 1. The second-order valence-electron chi connectivity index (χ2n) is 6.71. The minimum absolute atomic E-state index is 0.0504. The first-order valence-corrected chi connectivity index (χ1v) is 11.9. The zero-order chi connectivity index (χ0) is 22.2. The maximum Gasteiger partial charge on any atom is 0.409 e. The van der Waals surface area contributed by atoms with Gasteiger partial charge >= 0.3 is 6.09 Å². The van der Waals surface area contributed by atoms with Crippen molar-refractivity contribution in [1.29, 1.82) is 0 Å². The van der Waals surface area contributed by atoms with E-state index < -0.39 is 0 Å². The lowest BCUT2D eigenvalue weighted by atomic mass is 10.3. The molecule has 3 rings (SSSR count). The first-order valence-electron chi connectivity index (χ1n) is 9.90. The number of fused-ring (bicyclic) bond motifs is 1. The van der Waals surface area contributed by atoms with Crippen LogP contribution in [-0.4, -0.2) is 76.6 Å². The van der Waals surface area contributed by atoms with Crippen LogP contribution in [-0.2, 0) is 20.9 Å². The number of thioether (sulfide) groups is 1. The Kier molecular flexibility index (Phi) is 8.14. The normalized spacial score (nSPS) is 14.5. The largest absolute Gasteiger partial charge is 0.450 e. The van der Waals surface area contributed by atoms with E-state index in [2.05, 4.69) is 10.9 Å². The van der Waals surface area contributed by atoms with Crippen molar-refractivity contribution in [2.24, 2.45) is 4.99 Å². The number of thiazole rings is 1. The summed E-state index contributed by atoms with van der Waals surface area (Å²) in [4.78, 5) is 44.6. The standard InChI is InChI=1S/C21H24N4O4S2/c1-3-9-25-16-7-5-6-8-17(16)31-20(25)22-18(26)14-30-15-19(27)23-10-12-24(13-11-23)21(28)29-4-2/h1,5-8H,4,9-15H2,2H3. The zero-order valence-corrected chi connectivity index (χ0v) is 18.9. The van der Waals surface area contributed by atoms with Crippen molar-refractivity contribution in [2.45, 2.75) is 13.5 Å². The van der Waals surface area contributed by atoms with Crippen LogP contribution in [0.25, 0.3) is 10.2 Å². The van der Waals surface area contributed by atoms with E-state index in [1.54, 1.807) is 16.7 Å². The summed E-state index contributed by atoms with van der Waals surface area (Å²) < 4.78 is 7.83. The van der Waals surface area contributed by atoms with Crippen LogP contribution in [0, 0.1) is 12.3 Å². The zero-order valence-electron chi connectivity index (χ0n) is 17.3. The molecule has 1 saturated heterocycles. The summed E-state index contributed by atoms with van der Waals surface area (Å²) in [7, 11) is 0. The topological polar surface area (TPSA) is 84.2 Å². The summed E-state index contributed by atoms with van der Waals surface area (Å²) in [6.07, 6.45) is 5.12. The molecule has 1 aromatic carbocycles. The van der Waals surface area contributed by atoms with E-state index in [4.69, 9.17) is 11.2 Å². The van der Waals surface area contributed by atoms with Gasteiger partial charge in [0.05, 0.1) is 34.9 Å². The second-order valence-corrected chi connectivity index (χ2v) is 8.70. The molecule has 0 bridgehead atoms. The van der Waals surface area contributed by atoms with Gasteiger partial charge in [-0.25, -0.2) is 4.79 Å². The summed E-state index contributed by atoms with van der Waals surface area (Å²) in [6.45, 7) is 4.25. The highest BCUT2D eigenvalue weighted by Gasteiger charge is 2.24. The first kappa shape index (κ1) is 22.9. The Bertz CT molecular complexity index is 1060. The number of nitrogens with zero attached hydrogens (tertiary/aromatic N) is 4. The molecule has 164 valence electrons. The lowest BCUT2D eigenvalue weighted by Crippen LogP contribution is -2.51. The summed E-state index contributed by atoms with van der Waals surface area (Å²) in [5.74, 6) is 2.55. The third-order valence-electron chi connectivity index (χ3n) is 4.67. The van der Waals surface area contributed by atoms with Gasteiger partial charge in [0.15, 0.2) is 4.80 Å². The van der Waals surface area contributed by atoms with Crippen molar-refractivity contribution in [2.75, 3.05) is 44.3 Å². The van der Waals surface area contributed by atoms with Gasteiger partial charge in [-0.3, -0.25) is 9.59 Å². The highest BCUT2D eigenvalue weighted by Crippen LogP contribution is 2.16. The predicted molar refractivity (Wildman–Crippen MR) is 122 cm³/mol. The van der Waals surface area contributed by atoms with Gasteiger partial charge in [0, 0.05) is 26.2 Å². The summed E-state index contributed by atoms with van der Waals surface area (Å²) in [5, 5.41) is 0. The fourth-order valence-corrected chi connectivity index (χ4v) is 4.90. The van der Waals surface area contributed by atoms with Crippen LogP contribution >= 0.6 is 23.1 Å². The Morgan fingerprint density at radius 2 is 1.87 bits per heavy atom. The van der Waals surface area contributed by atoms with Crippen LogP contribution in [0.3, 0.4) is 0 Å². The molecule has 0 unspecified atom stereocenters. The number of benzene rings is 1. The molecule has 0 spiro atoms. The number of aromatic nitrogens is 1. The highest BCUT2D eigenvalue weighted by molar-refractivity contribution is 8.00. The van der Waals surface area contributed by atoms with E-state index in [1.807, 2.05) is 28.8 Å². The maximum atomic E-state index is 12.4. The van der Waals surface area contributed by atoms with E-state index >= 15 is 0 Å². The number of para-hydroxylation sites is 1. The number of carbonyl (C=O) groups is 3. The van der Waals surface area contributed by atoms with Crippen LogP contribution in [0.4, 0.5) is 4.79 Å². The molecule has 10 heteroatoms. The molecule has 0 atom stereocenters. The SMILES string of the molecule is C#CCn1c(=NC(=O)CSCC(=O)N2CCN(C(=O)OCC)CC2)sc2ccccc21. The molecule has 1 aliphatic heterocycles. The third-order valence-corrected chi connectivity index (χ3v) is 6.63. The molecule has 0 radical (unpaired) electrons.